The van der Waals surface area contributed by atoms with Crippen molar-refractivity contribution in [3.05, 3.63) is 71.4 Å². The normalized spacial score (nSPS) is 18.2. The summed E-state index contributed by atoms with van der Waals surface area (Å²) >= 11 is 0. The van der Waals surface area contributed by atoms with E-state index in [1.807, 2.05) is 35.2 Å². The number of hydrogen-bond donors (Lipinski definition) is 0. The Morgan fingerprint density at radius 2 is 1.69 bits per heavy atom. The minimum Gasteiger partial charge on any atom is -0.497 e. The van der Waals surface area contributed by atoms with Gasteiger partial charge < -0.3 is 14.5 Å². The maximum Gasteiger partial charge on any atom is 0.225 e. The number of hydrogen-bond acceptors (Lipinski definition) is 4. The van der Waals surface area contributed by atoms with Gasteiger partial charge in [-0.3, -0.25) is 14.4 Å². The summed E-state index contributed by atoms with van der Waals surface area (Å²) in [5.41, 5.74) is 2.70. The molecule has 2 amide bonds. The van der Waals surface area contributed by atoms with Crippen molar-refractivity contribution < 1.29 is 19.1 Å². The van der Waals surface area contributed by atoms with E-state index in [1.165, 1.54) is 6.92 Å². The molecule has 1 atom stereocenters. The van der Waals surface area contributed by atoms with Gasteiger partial charge in [0, 0.05) is 37.7 Å². The Labute approximate surface area is 188 Å². The SMILES string of the molecule is COc1ccc(C(=O)C2CCN(C(=O)CC3c4ccccc4C=CN3C(C)=O)CC2)cc1. The fourth-order valence-electron chi connectivity index (χ4n) is 4.59. The minimum atomic E-state index is -0.306. The van der Waals surface area contributed by atoms with Crippen LogP contribution < -0.4 is 4.74 Å². The van der Waals surface area contributed by atoms with E-state index in [2.05, 4.69) is 0 Å². The van der Waals surface area contributed by atoms with Crippen LogP contribution in [0.2, 0.25) is 0 Å². The van der Waals surface area contributed by atoms with Crippen LogP contribution in [-0.4, -0.2) is 47.6 Å². The average Bonchev–Trinajstić information content (AvgIpc) is 2.83. The Kier molecular flexibility index (Phi) is 6.40. The van der Waals surface area contributed by atoms with Gasteiger partial charge in [-0.05, 0) is 54.3 Å². The molecule has 1 fully saturated rings. The van der Waals surface area contributed by atoms with E-state index in [9.17, 15) is 14.4 Å². The molecule has 2 heterocycles. The number of piperidine rings is 1. The van der Waals surface area contributed by atoms with Crippen LogP contribution in [0.1, 0.15) is 53.7 Å². The van der Waals surface area contributed by atoms with Crippen molar-refractivity contribution in [1.29, 1.82) is 0 Å². The fraction of sp³-hybridized carbons (Fsp3) is 0.346. The third-order valence-electron chi connectivity index (χ3n) is 6.43. The number of Topliss-reactive ketones (excluding diaryl/α,β-unsaturated/α-hetero) is 1. The van der Waals surface area contributed by atoms with E-state index in [4.69, 9.17) is 4.74 Å². The van der Waals surface area contributed by atoms with Crippen LogP contribution in [-0.2, 0) is 9.59 Å². The lowest BCUT2D eigenvalue weighted by Gasteiger charge is -2.36. The predicted octanol–water partition coefficient (Wildman–Crippen LogP) is 4.08. The summed E-state index contributed by atoms with van der Waals surface area (Å²) in [6.45, 7) is 2.62. The molecule has 1 saturated heterocycles. The molecule has 2 aromatic carbocycles. The van der Waals surface area contributed by atoms with E-state index < -0.39 is 0 Å². The lowest BCUT2D eigenvalue weighted by Crippen LogP contribution is -2.42. The Balaban J connectivity index is 1.39. The molecule has 2 aliphatic rings. The van der Waals surface area contributed by atoms with Crippen LogP contribution in [0, 0.1) is 5.92 Å². The minimum absolute atomic E-state index is 0.0155. The molecule has 166 valence electrons. The first kappa shape index (κ1) is 21.8. The molecule has 0 radical (unpaired) electrons. The van der Waals surface area contributed by atoms with Gasteiger partial charge in [0.2, 0.25) is 11.8 Å². The van der Waals surface area contributed by atoms with E-state index in [1.54, 1.807) is 42.5 Å². The highest BCUT2D eigenvalue weighted by Crippen LogP contribution is 2.34. The van der Waals surface area contributed by atoms with E-state index in [0.29, 0.717) is 31.5 Å². The van der Waals surface area contributed by atoms with Gasteiger partial charge in [0.25, 0.3) is 0 Å². The highest BCUT2D eigenvalue weighted by Gasteiger charge is 2.32. The van der Waals surface area contributed by atoms with E-state index in [-0.39, 0.29) is 36.0 Å². The molecule has 0 aliphatic carbocycles. The van der Waals surface area contributed by atoms with Crippen LogP contribution in [0.4, 0.5) is 0 Å². The Bertz CT molecular complexity index is 1040. The second-order valence-electron chi connectivity index (χ2n) is 8.34. The summed E-state index contributed by atoms with van der Waals surface area (Å²) in [5.74, 6) is 0.688. The molecule has 1 unspecified atom stereocenters. The number of likely N-dealkylation sites (tertiary alicyclic amines) is 1. The first-order valence-corrected chi connectivity index (χ1v) is 11.0. The number of carbonyl (C=O) groups is 3. The van der Waals surface area contributed by atoms with E-state index in [0.717, 1.165) is 16.9 Å². The van der Waals surface area contributed by atoms with Crippen LogP contribution in [0.25, 0.3) is 6.08 Å². The molecule has 0 aromatic heterocycles. The molecule has 6 heteroatoms. The summed E-state index contributed by atoms with van der Waals surface area (Å²) in [7, 11) is 1.60. The smallest absolute Gasteiger partial charge is 0.225 e. The molecule has 4 rings (SSSR count). The zero-order chi connectivity index (χ0) is 22.7. The number of amides is 2. The second-order valence-corrected chi connectivity index (χ2v) is 8.34. The van der Waals surface area contributed by atoms with Gasteiger partial charge in [0.15, 0.2) is 5.78 Å². The topological polar surface area (TPSA) is 66.9 Å². The summed E-state index contributed by atoms with van der Waals surface area (Å²) < 4.78 is 5.16. The van der Waals surface area contributed by atoms with Gasteiger partial charge in [-0.2, -0.15) is 0 Å². The molecule has 0 spiro atoms. The molecule has 0 saturated carbocycles. The Morgan fingerprint density at radius 3 is 2.34 bits per heavy atom. The molecular weight excluding hydrogens is 404 g/mol. The highest BCUT2D eigenvalue weighted by molar-refractivity contribution is 5.98. The second kappa shape index (κ2) is 9.39. The number of nitrogens with zero attached hydrogens (tertiary/aromatic N) is 2. The van der Waals surface area contributed by atoms with Crippen molar-refractivity contribution in [2.75, 3.05) is 20.2 Å². The molecular formula is C26H28N2O4. The van der Waals surface area contributed by atoms with Crippen molar-refractivity contribution in [3.8, 4) is 5.75 Å². The lowest BCUT2D eigenvalue weighted by atomic mass is 9.88. The van der Waals surface area contributed by atoms with Crippen molar-refractivity contribution in [2.24, 2.45) is 5.92 Å². The van der Waals surface area contributed by atoms with Crippen molar-refractivity contribution in [3.63, 3.8) is 0 Å². The monoisotopic (exact) mass is 432 g/mol. The van der Waals surface area contributed by atoms with Crippen LogP contribution in [0.3, 0.4) is 0 Å². The van der Waals surface area contributed by atoms with Gasteiger partial charge in [-0.15, -0.1) is 0 Å². The van der Waals surface area contributed by atoms with Crippen molar-refractivity contribution in [1.82, 2.24) is 9.80 Å². The van der Waals surface area contributed by atoms with Gasteiger partial charge in [-0.1, -0.05) is 24.3 Å². The molecule has 2 aliphatic heterocycles. The molecule has 2 aromatic rings. The summed E-state index contributed by atoms with van der Waals surface area (Å²) in [4.78, 5) is 41.6. The molecule has 32 heavy (non-hydrogen) atoms. The summed E-state index contributed by atoms with van der Waals surface area (Å²) in [6, 6.07) is 14.7. The fourth-order valence-corrected chi connectivity index (χ4v) is 4.59. The Morgan fingerprint density at radius 1 is 1.00 bits per heavy atom. The molecule has 0 N–H and O–H groups in total. The van der Waals surface area contributed by atoms with Gasteiger partial charge >= 0.3 is 0 Å². The van der Waals surface area contributed by atoms with Gasteiger partial charge in [0.1, 0.15) is 5.75 Å². The first-order chi connectivity index (χ1) is 15.5. The summed E-state index contributed by atoms with van der Waals surface area (Å²) in [6.07, 6.45) is 5.21. The molecule has 6 nitrogen and oxygen atoms in total. The summed E-state index contributed by atoms with van der Waals surface area (Å²) in [5, 5.41) is 0. The zero-order valence-electron chi connectivity index (χ0n) is 18.5. The number of carbonyl (C=O) groups excluding carboxylic acids is 3. The number of methoxy groups -OCH3 is 1. The third-order valence-corrected chi connectivity index (χ3v) is 6.43. The van der Waals surface area contributed by atoms with E-state index >= 15 is 0 Å². The maximum absolute atomic E-state index is 13.1. The average molecular weight is 433 g/mol. The van der Waals surface area contributed by atoms with Crippen LogP contribution in [0.5, 0.6) is 5.75 Å². The number of benzene rings is 2. The lowest BCUT2D eigenvalue weighted by molar-refractivity contribution is -0.135. The van der Waals surface area contributed by atoms with Gasteiger partial charge in [0.05, 0.1) is 19.6 Å². The number of ketones is 1. The first-order valence-electron chi connectivity index (χ1n) is 11.0. The van der Waals surface area contributed by atoms with Crippen LogP contribution >= 0.6 is 0 Å². The molecule has 0 bridgehead atoms. The van der Waals surface area contributed by atoms with Crippen molar-refractivity contribution in [2.45, 2.75) is 32.2 Å². The Hall–Kier alpha value is -3.41. The third kappa shape index (κ3) is 4.44. The number of ether oxygens (including phenoxy) is 1. The predicted molar refractivity (Wildman–Crippen MR) is 122 cm³/mol. The standard InChI is InChI=1S/C26H28N2O4/c1-18(29)28-16-13-19-5-3-4-6-23(19)24(28)17-25(30)27-14-11-21(12-15-27)26(31)20-7-9-22(32-2)10-8-20/h3-10,13,16,21,24H,11-12,14-15,17H2,1-2H3. The number of fused-ring (bicyclic) bond motifs is 1. The van der Waals surface area contributed by atoms with Crippen LogP contribution in [0.15, 0.2) is 54.7 Å². The quantitative estimate of drug-likeness (QED) is 0.668. The highest BCUT2D eigenvalue weighted by atomic mass is 16.5. The zero-order valence-corrected chi connectivity index (χ0v) is 18.5. The number of rotatable bonds is 5. The maximum atomic E-state index is 13.1. The van der Waals surface area contributed by atoms with Gasteiger partial charge in [-0.25, -0.2) is 0 Å². The van der Waals surface area contributed by atoms with Crippen molar-refractivity contribution >= 4 is 23.7 Å². The largest absolute Gasteiger partial charge is 0.497 e.